The third-order valence-electron chi connectivity index (χ3n) is 3.22. The molecule has 0 saturated carbocycles. The summed E-state index contributed by atoms with van der Waals surface area (Å²) in [6.45, 7) is 6.07. The fourth-order valence-corrected chi connectivity index (χ4v) is 2.29. The summed E-state index contributed by atoms with van der Waals surface area (Å²) in [5.41, 5.74) is 0. The van der Waals surface area contributed by atoms with Gasteiger partial charge in [-0.05, 0) is 33.2 Å². The molecule has 2 saturated heterocycles. The van der Waals surface area contributed by atoms with Gasteiger partial charge in [0.05, 0.1) is 6.61 Å². The average Bonchev–Trinajstić information content (AvgIpc) is 2.65. The fraction of sp³-hybridized carbons (Fsp3) is 0.917. The highest BCUT2D eigenvalue weighted by molar-refractivity contribution is 5.76. The van der Waals surface area contributed by atoms with Crippen molar-refractivity contribution >= 4 is 5.91 Å². The molecule has 5 heteroatoms. The minimum atomic E-state index is -0.527. The topological polar surface area (TPSA) is 59.6 Å². The minimum absolute atomic E-state index is 0.0335. The monoisotopic (exact) mass is 242 g/mol. The van der Waals surface area contributed by atoms with Crippen molar-refractivity contribution in [1.82, 2.24) is 10.6 Å². The Labute approximate surface area is 102 Å². The van der Waals surface area contributed by atoms with E-state index in [0.29, 0.717) is 13.0 Å². The molecule has 2 atom stereocenters. The molecule has 0 unspecified atom stereocenters. The second-order valence-electron chi connectivity index (χ2n) is 5.19. The van der Waals surface area contributed by atoms with Crippen molar-refractivity contribution < 1.29 is 14.3 Å². The van der Waals surface area contributed by atoms with Crippen molar-refractivity contribution in [3.8, 4) is 0 Å². The Morgan fingerprint density at radius 3 is 2.76 bits per heavy atom. The molecule has 98 valence electrons. The molecule has 0 aromatic heterocycles. The molecule has 2 heterocycles. The third kappa shape index (κ3) is 3.66. The van der Waals surface area contributed by atoms with Gasteiger partial charge in [0.1, 0.15) is 6.10 Å². The second kappa shape index (κ2) is 5.33. The lowest BCUT2D eigenvalue weighted by Crippen LogP contribution is -2.44. The molecule has 2 aliphatic heterocycles. The predicted octanol–water partition coefficient (Wildman–Crippen LogP) is 0.396. The summed E-state index contributed by atoms with van der Waals surface area (Å²) in [5.74, 6) is -0.431. The number of amides is 1. The summed E-state index contributed by atoms with van der Waals surface area (Å²) < 4.78 is 11.4. The molecule has 0 aromatic carbocycles. The Kier molecular flexibility index (Phi) is 4.01. The number of hydrogen-bond donors (Lipinski definition) is 2. The number of ether oxygens (including phenoxy) is 2. The first-order chi connectivity index (χ1) is 8.07. The highest BCUT2D eigenvalue weighted by atomic mass is 16.7. The van der Waals surface area contributed by atoms with Crippen LogP contribution < -0.4 is 10.6 Å². The van der Waals surface area contributed by atoms with Crippen molar-refractivity contribution in [3.63, 3.8) is 0 Å². The van der Waals surface area contributed by atoms with E-state index in [0.717, 1.165) is 25.9 Å². The van der Waals surface area contributed by atoms with Gasteiger partial charge in [0.25, 0.3) is 0 Å². The first kappa shape index (κ1) is 12.8. The Balaban J connectivity index is 1.94. The molecule has 0 bridgehead atoms. The molecule has 2 aliphatic rings. The Hall–Kier alpha value is -0.650. The lowest BCUT2D eigenvalue weighted by Gasteiger charge is -2.24. The van der Waals surface area contributed by atoms with Gasteiger partial charge >= 0.3 is 0 Å². The third-order valence-corrected chi connectivity index (χ3v) is 3.22. The van der Waals surface area contributed by atoms with Crippen molar-refractivity contribution in [3.05, 3.63) is 0 Å². The zero-order chi connectivity index (χ0) is 12.3. The highest BCUT2D eigenvalue weighted by Crippen LogP contribution is 2.25. The van der Waals surface area contributed by atoms with Crippen LogP contribution in [0.15, 0.2) is 0 Å². The molecule has 2 rings (SSSR count). The van der Waals surface area contributed by atoms with Gasteiger partial charge in [0.2, 0.25) is 5.91 Å². The van der Waals surface area contributed by atoms with Gasteiger partial charge in [-0.3, -0.25) is 4.79 Å². The Morgan fingerprint density at radius 1 is 1.29 bits per heavy atom. The van der Waals surface area contributed by atoms with Gasteiger partial charge in [-0.25, -0.2) is 0 Å². The fourth-order valence-electron chi connectivity index (χ4n) is 2.29. The normalized spacial score (nSPS) is 34.6. The van der Waals surface area contributed by atoms with Crippen molar-refractivity contribution in [2.24, 2.45) is 0 Å². The van der Waals surface area contributed by atoms with E-state index in [4.69, 9.17) is 9.47 Å². The lowest BCUT2D eigenvalue weighted by atomic mass is 10.1. The van der Waals surface area contributed by atoms with E-state index in [1.807, 2.05) is 13.8 Å². The standard InChI is InChI=1S/C12H22N2O3/c1-12(2)16-8-10(17-12)9-7-11(15)14-6-4-3-5-13-9/h9-10,13H,3-8H2,1-2H3,(H,14,15)/t9-,10-/m1/s1. The lowest BCUT2D eigenvalue weighted by molar-refractivity contribution is -0.143. The largest absolute Gasteiger partial charge is 0.356 e. The van der Waals surface area contributed by atoms with Crippen LogP contribution in [0.4, 0.5) is 0 Å². The summed E-state index contributed by atoms with van der Waals surface area (Å²) in [6, 6.07) is 0.0508. The molecular weight excluding hydrogens is 220 g/mol. The summed E-state index contributed by atoms with van der Waals surface area (Å²) in [4.78, 5) is 11.7. The number of carbonyl (C=O) groups is 1. The Morgan fingerprint density at radius 2 is 2.06 bits per heavy atom. The molecule has 17 heavy (non-hydrogen) atoms. The zero-order valence-corrected chi connectivity index (χ0v) is 10.6. The van der Waals surface area contributed by atoms with Gasteiger partial charge in [-0.2, -0.15) is 0 Å². The van der Waals surface area contributed by atoms with Gasteiger partial charge in [-0.15, -0.1) is 0 Å². The second-order valence-corrected chi connectivity index (χ2v) is 5.19. The van der Waals surface area contributed by atoms with Crippen molar-refractivity contribution in [2.45, 2.75) is 51.0 Å². The molecular formula is C12H22N2O3. The molecule has 5 nitrogen and oxygen atoms in total. The molecule has 0 aromatic rings. The van der Waals surface area contributed by atoms with E-state index in [1.165, 1.54) is 0 Å². The molecule has 2 fully saturated rings. The number of hydrogen-bond acceptors (Lipinski definition) is 4. The number of carbonyl (C=O) groups excluding carboxylic acids is 1. The quantitative estimate of drug-likeness (QED) is 0.698. The molecule has 0 radical (unpaired) electrons. The van der Waals surface area contributed by atoms with E-state index in [9.17, 15) is 4.79 Å². The van der Waals surface area contributed by atoms with Gasteiger partial charge in [0.15, 0.2) is 5.79 Å². The van der Waals surface area contributed by atoms with Crippen LogP contribution in [-0.2, 0) is 14.3 Å². The van der Waals surface area contributed by atoms with Crippen molar-refractivity contribution in [2.75, 3.05) is 19.7 Å². The van der Waals surface area contributed by atoms with E-state index in [1.54, 1.807) is 0 Å². The van der Waals surface area contributed by atoms with Gasteiger partial charge in [-0.1, -0.05) is 0 Å². The van der Waals surface area contributed by atoms with E-state index < -0.39 is 5.79 Å². The average molecular weight is 242 g/mol. The van der Waals surface area contributed by atoms with E-state index in [-0.39, 0.29) is 18.1 Å². The maximum Gasteiger partial charge on any atom is 0.221 e. The summed E-state index contributed by atoms with van der Waals surface area (Å²) in [6.07, 6.45) is 2.53. The highest BCUT2D eigenvalue weighted by Gasteiger charge is 2.37. The number of rotatable bonds is 1. The molecule has 0 spiro atoms. The van der Waals surface area contributed by atoms with Crippen LogP contribution in [0.5, 0.6) is 0 Å². The summed E-state index contributed by atoms with van der Waals surface area (Å²) >= 11 is 0. The number of nitrogens with one attached hydrogen (secondary N) is 2. The van der Waals surface area contributed by atoms with E-state index in [2.05, 4.69) is 10.6 Å². The first-order valence-electron chi connectivity index (χ1n) is 6.39. The van der Waals surface area contributed by atoms with Gasteiger partial charge in [0, 0.05) is 19.0 Å². The smallest absolute Gasteiger partial charge is 0.221 e. The van der Waals surface area contributed by atoms with E-state index >= 15 is 0 Å². The molecule has 0 aliphatic carbocycles. The molecule has 1 amide bonds. The maximum atomic E-state index is 11.7. The van der Waals surface area contributed by atoms with Crippen LogP contribution in [0.2, 0.25) is 0 Å². The van der Waals surface area contributed by atoms with Crippen LogP contribution in [0.3, 0.4) is 0 Å². The summed E-state index contributed by atoms with van der Waals surface area (Å²) in [7, 11) is 0. The Bertz CT molecular complexity index is 281. The molecule has 2 N–H and O–H groups in total. The maximum absolute atomic E-state index is 11.7. The van der Waals surface area contributed by atoms with Crippen LogP contribution in [0.1, 0.15) is 33.1 Å². The zero-order valence-electron chi connectivity index (χ0n) is 10.6. The van der Waals surface area contributed by atoms with Crippen molar-refractivity contribution in [1.29, 1.82) is 0 Å². The minimum Gasteiger partial charge on any atom is -0.356 e. The van der Waals surface area contributed by atoms with Gasteiger partial charge < -0.3 is 20.1 Å². The summed E-state index contributed by atoms with van der Waals surface area (Å²) in [5, 5.41) is 6.33. The SMILES string of the molecule is CC1(C)OC[C@H]([C@H]2CC(=O)NCCCCN2)O1. The van der Waals surface area contributed by atoms with Crippen LogP contribution in [0.25, 0.3) is 0 Å². The predicted molar refractivity (Wildman–Crippen MR) is 63.6 cm³/mol. The van der Waals surface area contributed by atoms with Crippen LogP contribution >= 0.6 is 0 Å². The van der Waals surface area contributed by atoms with Crippen LogP contribution in [0, 0.1) is 0 Å². The first-order valence-corrected chi connectivity index (χ1v) is 6.39. The van der Waals surface area contributed by atoms with Crippen LogP contribution in [-0.4, -0.2) is 43.5 Å².